The largest absolute Gasteiger partial charge is 0.493 e. The Kier molecular flexibility index (Phi) is 6.48. The number of nitrogens with one attached hydrogen (secondary N) is 1. The fraction of sp³-hybridized carbons (Fsp3) is 0.421. The molecule has 1 N–H and O–H groups in total. The van der Waals surface area contributed by atoms with Crippen LogP contribution in [-0.4, -0.2) is 37.3 Å². The smallest absolute Gasteiger partial charge is 0.283 e. The van der Waals surface area contributed by atoms with Crippen molar-refractivity contribution < 1.29 is 23.9 Å². The molecule has 8 nitrogen and oxygen atoms in total. The van der Waals surface area contributed by atoms with Crippen LogP contribution in [0.15, 0.2) is 24.3 Å². The molecular formula is C19H22N2O6S. The molecule has 1 saturated heterocycles. The van der Waals surface area contributed by atoms with Crippen molar-refractivity contribution in [3.63, 3.8) is 0 Å². The predicted molar refractivity (Wildman–Crippen MR) is 104 cm³/mol. The maximum Gasteiger partial charge on any atom is 0.283 e. The summed E-state index contributed by atoms with van der Waals surface area (Å²) in [5, 5.41) is 13.7. The Morgan fingerprint density at radius 2 is 2.21 bits per heavy atom. The molecule has 0 saturated carbocycles. The number of thiophene rings is 1. The first kappa shape index (κ1) is 20.1. The van der Waals surface area contributed by atoms with Crippen molar-refractivity contribution in [2.24, 2.45) is 0 Å². The van der Waals surface area contributed by atoms with Gasteiger partial charge in [-0.3, -0.25) is 14.9 Å². The summed E-state index contributed by atoms with van der Waals surface area (Å²) in [4.78, 5) is 23.5. The van der Waals surface area contributed by atoms with Gasteiger partial charge in [0.25, 0.3) is 11.6 Å². The molecule has 1 aliphatic rings. The number of hydrogen-bond donors (Lipinski definition) is 1. The molecule has 1 aromatic heterocycles. The molecule has 1 unspecified atom stereocenters. The maximum absolute atomic E-state index is 12.3. The number of amides is 1. The minimum absolute atomic E-state index is 0.0374. The molecule has 2 heterocycles. The topological polar surface area (TPSA) is 99.9 Å². The van der Waals surface area contributed by atoms with E-state index >= 15 is 0 Å². The third kappa shape index (κ3) is 4.79. The summed E-state index contributed by atoms with van der Waals surface area (Å²) in [5.41, 5.74) is 0.794. The van der Waals surface area contributed by atoms with Crippen molar-refractivity contribution in [1.82, 2.24) is 5.32 Å². The summed E-state index contributed by atoms with van der Waals surface area (Å²) in [7, 11) is 1.56. The average Bonchev–Trinajstić information content (AvgIpc) is 3.34. The van der Waals surface area contributed by atoms with Crippen LogP contribution in [0, 0.1) is 17.0 Å². The lowest BCUT2D eigenvalue weighted by Crippen LogP contribution is -2.21. The summed E-state index contributed by atoms with van der Waals surface area (Å²) in [6.45, 7) is 3.14. The second-order valence-corrected chi connectivity index (χ2v) is 7.68. The SMILES string of the molecule is COc1cc(CNC(=O)c2cc([N+](=O)[O-])c(C)s2)ccc1OCC1CCCO1. The van der Waals surface area contributed by atoms with Gasteiger partial charge in [-0.15, -0.1) is 11.3 Å². The third-order valence-corrected chi connectivity index (χ3v) is 5.48. The van der Waals surface area contributed by atoms with E-state index in [2.05, 4.69) is 5.32 Å². The highest BCUT2D eigenvalue weighted by atomic mass is 32.1. The van der Waals surface area contributed by atoms with E-state index in [0.717, 1.165) is 36.3 Å². The predicted octanol–water partition coefficient (Wildman–Crippen LogP) is 3.46. The number of hydrogen-bond acceptors (Lipinski definition) is 7. The summed E-state index contributed by atoms with van der Waals surface area (Å²) in [6, 6.07) is 6.75. The number of ether oxygens (including phenoxy) is 3. The van der Waals surface area contributed by atoms with Crippen LogP contribution in [0.4, 0.5) is 5.69 Å². The van der Waals surface area contributed by atoms with Crippen LogP contribution in [0.3, 0.4) is 0 Å². The van der Waals surface area contributed by atoms with Crippen LogP contribution in [0.1, 0.15) is 33.0 Å². The van der Waals surface area contributed by atoms with Crippen LogP contribution in [0.5, 0.6) is 11.5 Å². The van der Waals surface area contributed by atoms with E-state index in [4.69, 9.17) is 14.2 Å². The Labute approximate surface area is 166 Å². The van der Waals surface area contributed by atoms with Gasteiger partial charge in [-0.25, -0.2) is 0 Å². The zero-order valence-corrected chi connectivity index (χ0v) is 16.5. The second-order valence-electron chi connectivity index (χ2n) is 6.42. The van der Waals surface area contributed by atoms with Crippen LogP contribution < -0.4 is 14.8 Å². The van der Waals surface area contributed by atoms with Gasteiger partial charge in [-0.1, -0.05) is 6.07 Å². The molecule has 28 heavy (non-hydrogen) atoms. The van der Waals surface area contributed by atoms with Gasteiger partial charge in [0.2, 0.25) is 0 Å². The molecular weight excluding hydrogens is 384 g/mol. The lowest BCUT2D eigenvalue weighted by Gasteiger charge is -2.15. The molecule has 3 rings (SSSR count). The van der Waals surface area contributed by atoms with Crippen LogP contribution in [0.2, 0.25) is 0 Å². The first-order valence-corrected chi connectivity index (χ1v) is 9.74. The number of carbonyl (C=O) groups is 1. The van der Waals surface area contributed by atoms with Gasteiger partial charge < -0.3 is 19.5 Å². The monoisotopic (exact) mass is 406 g/mol. The lowest BCUT2D eigenvalue weighted by atomic mass is 10.2. The summed E-state index contributed by atoms with van der Waals surface area (Å²) in [5.74, 6) is 0.851. The molecule has 150 valence electrons. The van der Waals surface area contributed by atoms with Crippen molar-refractivity contribution >= 4 is 22.9 Å². The molecule has 1 aromatic carbocycles. The fourth-order valence-corrected chi connectivity index (χ4v) is 3.84. The quantitative estimate of drug-likeness (QED) is 0.532. The van der Waals surface area contributed by atoms with Crippen molar-refractivity contribution in [3.8, 4) is 11.5 Å². The van der Waals surface area contributed by atoms with Crippen LogP contribution >= 0.6 is 11.3 Å². The molecule has 1 atom stereocenters. The highest BCUT2D eigenvalue weighted by molar-refractivity contribution is 7.14. The van der Waals surface area contributed by atoms with Crippen molar-refractivity contribution in [2.45, 2.75) is 32.4 Å². The number of nitro groups is 1. The maximum atomic E-state index is 12.3. The number of aryl methyl sites for hydroxylation is 1. The minimum atomic E-state index is -0.483. The highest BCUT2D eigenvalue weighted by Gasteiger charge is 2.20. The lowest BCUT2D eigenvalue weighted by molar-refractivity contribution is -0.385. The average molecular weight is 406 g/mol. The van der Waals surface area contributed by atoms with Gasteiger partial charge in [-0.05, 0) is 37.5 Å². The Balaban J connectivity index is 1.60. The molecule has 1 aliphatic heterocycles. The van der Waals surface area contributed by atoms with Gasteiger partial charge >= 0.3 is 0 Å². The van der Waals surface area contributed by atoms with Crippen molar-refractivity contribution in [3.05, 3.63) is 49.7 Å². The Morgan fingerprint density at radius 3 is 2.86 bits per heavy atom. The minimum Gasteiger partial charge on any atom is -0.493 e. The van der Waals surface area contributed by atoms with Gasteiger partial charge in [0.05, 0.1) is 27.9 Å². The Morgan fingerprint density at radius 1 is 1.39 bits per heavy atom. The van der Waals surface area contributed by atoms with Crippen LogP contribution in [0.25, 0.3) is 0 Å². The van der Waals surface area contributed by atoms with E-state index in [9.17, 15) is 14.9 Å². The Bertz CT molecular complexity index is 860. The van der Waals surface area contributed by atoms with E-state index in [1.165, 1.54) is 6.07 Å². The number of rotatable bonds is 8. The number of nitrogens with zero attached hydrogens (tertiary/aromatic N) is 1. The normalized spacial score (nSPS) is 16.0. The molecule has 0 spiro atoms. The fourth-order valence-electron chi connectivity index (χ4n) is 2.93. The standard InChI is InChI=1S/C19H22N2O6S/c1-12-15(21(23)24)9-18(28-12)19(22)20-10-13-5-6-16(17(8-13)25-2)27-11-14-4-3-7-26-14/h5-6,8-9,14H,3-4,7,10-11H2,1-2H3,(H,20,22). The van der Waals surface area contributed by atoms with Gasteiger partial charge in [0, 0.05) is 19.2 Å². The van der Waals surface area contributed by atoms with Crippen LogP contribution in [-0.2, 0) is 11.3 Å². The third-order valence-electron chi connectivity index (χ3n) is 4.44. The zero-order chi connectivity index (χ0) is 20.1. The number of carbonyl (C=O) groups excluding carboxylic acids is 1. The first-order valence-electron chi connectivity index (χ1n) is 8.92. The zero-order valence-electron chi connectivity index (χ0n) is 15.7. The Hall–Kier alpha value is -2.65. The molecule has 0 bridgehead atoms. The second kappa shape index (κ2) is 9.03. The number of methoxy groups -OCH3 is 1. The highest BCUT2D eigenvalue weighted by Crippen LogP contribution is 2.30. The van der Waals surface area contributed by atoms with Crippen molar-refractivity contribution in [1.29, 1.82) is 0 Å². The van der Waals surface area contributed by atoms with E-state index in [0.29, 0.717) is 27.9 Å². The molecule has 9 heteroatoms. The molecule has 1 fully saturated rings. The number of benzene rings is 1. The molecule has 1 amide bonds. The first-order chi connectivity index (χ1) is 13.5. The van der Waals surface area contributed by atoms with Gasteiger partial charge in [0.1, 0.15) is 6.61 Å². The summed E-state index contributed by atoms with van der Waals surface area (Å²) < 4.78 is 16.7. The molecule has 0 radical (unpaired) electrons. The van der Waals surface area contributed by atoms with Crippen molar-refractivity contribution in [2.75, 3.05) is 20.3 Å². The van der Waals surface area contributed by atoms with E-state index < -0.39 is 4.92 Å². The summed E-state index contributed by atoms with van der Waals surface area (Å²) >= 11 is 1.10. The van der Waals surface area contributed by atoms with E-state index in [1.54, 1.807) is 26.2 Å². The van der Waals surface area contributed by atoms with E-state index in [-0.39, 0.29) is 24.2 Å². The summed E-state index contributed by atoms with van der Waals surface area (Å²) in [6.07, 6.45) is 2.16. The van der Waals surface area contributed by atoms with E-state index in [1.807, 2.05) is 6.07 Å². The molecule has 2 aromatic rings. The molecule has 0 aliphatic carbocycles. The van der Waals surface area contributed by atoms with Gasteiger partial charge in [0.15, 0.2) is 11.5 Å². The van der Waals surface area contributed by atoms with Gasteiger partial charge in [-0.2, -0.15) is 0 Å².